The molecule has 0 saturated carbocycles. The highest BCUT2D eigenvalue weighted by Gasteiger charge is 2.06. The molecule has 112 valence electrons. The Hall–Kier alpha value is -3.02. The minimum absolute atomic E-state index is 0.220. The Morgan fingerprint density at radius 3 is 2.45 bits per heavy atom. The lowest BCUT2D eigenvalue weighted by atomic mass is 10.2. The van der Waals surface area contributed by atoms with Crippen LogP contribution in [0.1, 0.15) is 15.9 Å². The Balaban J connectivity index is 1.79. The van der Waals surface area contributed by atoms with Crippen LogP contribution in [0.3, 0.4) is 0 Å². The Bertz CT molecular complexity index is 687. The van der Waals surface area contributed by atoms with Gasteiger partial charge in [-0.05, 0) is 18.2 Å². The normalized spacial score (nSPS) is 10.4. The van der Waals surface area contributed by atoms with Crippen LogP contribution >= 0.6 is 0 Å². The number of carbonyl (C=O) groups is 2. The van der Waals surface area contributed by atoms with Gasteiger partial charge < -0.3 is 5.32 Å². The Morgan fingerprint density at radius 1 is 1.05 bits per heavy atom. The number of nitrogens with one attached hydrogen (secondary N) is 2. The summed E-state index contributed by atoms with van der Waals surface area (Å²) in [5.74, 6) is -1.29. The summed E-state index contributed by atoms with van der Waals surface area (Å²) in [6.07, 6.45) is 1.20. The third-order valence-corrected chi connectivity index (χ3v) is 2.74. The van der Waals surface area contributed by atoms with Crippen LogP contribution in [-0.2, 0) is 4.79 Å². The van der Waals surface area contributed by atoms with E-state index in [1.165, 1.54) is 18.3 Å². The maximum absolute atomic E-state index is 13.3. The molecule has 0 aromatic heterocycles. The quantitative estimate of drug-likeness (QED) is 0.652. The predicted molar refractivity (Wildman–Crippen MR) is 80.9 cm³/mol. The average Bonchev–Trinajstić information content (AvgIpc) is 2.55. The van der Waals surface area contributed by atoms with Gasteiger partial charge >= 0.3 is 0 Å². The first-order valence-electron chi connectivity index (χ1n) is 6.56. The summed E-state index contributed by atoms with van der Waals surface area (Å²) >= 11 is 0. The molecule has 0 fully saturated rings. The third-order valence-electron chi connectivity index (χ3n) is 2.74. The summed E-state index contributed by atoms with van der Waals surface area (Å²) in [6, 6.07) is 14.6. The monoisotopic (exact) mass is 299 g/mol. The van der Waals surface area contributed by atoms with Gasteiger partial charge in [-0.1, -0.05) is 36.4 Å². The Labute approximate surface area is 126 Å². The van der Waals surface area contributed by atoms with Gasteiger partial charge in [-0.15, -0.1) is 0 Å². The summed E-state index contributed by atoms with van der Waals surface area (Å²) in [5.41, 5.74) is 2.94. The second-order valence-corrected chi connectivity index (χ2v) is 4.36. The van der Waals surface area contributed by atoms with Gasteiger partial charge in [-0.3, -0.25) is 9.59 Å². The van der Waals surface area contributed by atoms with Crippen molar-refractivity contribution in [2.24, 2.45) is 5.10 Å². The lowest BCUT2D eigenvalue weighted by Crippen LogP contribution is -2.34. The molecule has 0 heterocycles. The van der Waals surface area contributed by atoms with E-state index in [4.69, 9.17) is 0 Å². The summed E-state index contributed by atoms with van der Waals surface area (Å²) in [7, 11) is 0. The molecule has 2 aromatic carbocycles. The molecule has 0 saturated heterocycles. The molecule has 22 heavy (non-hydrogen) atoms. The van der Waals surface area contributed by atoms with Gasteiger partial charge in [0.2, 0.25) is 0 Å². The summed E-state index contributed by atoms with van der Waals surface area (Å²) in [5, 5.41) is 6.10. The van der Waals surface area contributed by atoms with E-state index in [0.717, 1.165) is 0 Å². The number of amides is 2. The molecule has 0 radical (unpaired) electrons. The molecule has 2 amide bonds. The van der Waals surface area contributed by atoms with Crippen LogP contribution in [0.25, 0.3) is 0 Å². The van der Waals surface area contributed by atoms with Crippen LogP contribution in [-0.4, -0.2) is 24.6 Å². The Kier molecular flexibility index (Phi) is 5.37. The summed E-state index contributed by atoms with van der Waals surface area (Å²) in [6.45, 7) is -0.220. The molecule has 0 aliphatic rings. The predicted octanol–water partition coefficient (Wildman–Crippen LogP) is 1.71. The first-order valence-corrected chi connectivity index (χ1v) is 6.56. The van der Waals surface area contributed by atoms with E-state index in [2.05, 4.69) is 15.8 Å². The van der Waals surface area contributed by atoms with Crippen molar-refractivity contribution in [3.8, 4) is 0 Å². The minimum Gasteiger partial charge on any atom is -0.343 e. The number of hydrazone groups is 1. The number of benzene rings is 2. The minimum atomic E-state index is -0.503. The van der Waals surface area contributed by atoms with E-state index < -0.39 is 11.7 Å². The maximum atomic E-state index is 13.3. The van der Waals surface area contributed by atoms with E-state index in [1.54, 1.807) is 42.5 Å². The van der Waals surface area contributed by atoms with E-state index in [-0.39, 0.29) is 18.0 Å². The zero-order chi connectivity index (χ0) is 15.8. The van der Waals surface area contributed by atoms with Crippen molar-refractivity contribution in [3.05, 3.63) is 71.5 Å². The van der Waals surface area contributed by atoms with Gasteiger partial charge in [0.25, 0.3) is 11.8 Å². The Morgan fingerprint density at radius 2 is 1.73 bits per heavy atom. The van der Waals surface area contributed by atoms with E-state index in [9.17, 15) is 14.0 Å². The molecular formula is C16H14FN3O2. The zero-order valence-electron chi connectivity index (χ0n) is 11.6. The van der Waals surface area contributed by atoms with E-state index in [0.29, 0.717) is 5.56 Å². The number of hydrogen-bond donors (Lipinski definition) is 2. The van der Waals surface area contributed by atoms with Crippen LogP contribution in [0.2, 0.25) is 0 Å². The molecule has 0 bridgehead atoms. The smallest absolute Gasteiger partial charge is 0.259 e. The van der Waals surface area contributed by atoms with Gasteiger partial charge in [0.1, 0.15) is 5.82 Å². The van der Waals surface area contributed by atoms with Gasteiger partial charge in [-0.2, -0.15) is 5.10 Å². The fourth-order valence-electron chi connectivity index (χ4n) is 1.65. The first kappa shape index (κ1) is 15.4. The van der Waals surface area contributed by atoms with Gasteiger partial charge in [-0.25, -0.2) is 9.82 Å². The topological polar surface area (TPSA) is 70.6 Å². The van der Waals surface area contributed by atoms with Crippen molar-refractivity contribution >= 4 is 18.0 Å². The zero-order valence-corrected chi connectivity index (χ0v) is 11.6. The van der Waals surface area contributed by atoms with E-state index >= 15 is 0 Å². The van der Waals surface area contributed by atoms with Gasteiger partial charge in [0, 0.05) is 11.1 Å². The van der Waals surface area contributed by atoms with E-state index in [1.807, 2.05) is 0 Å². The number of rotatable bonds is 5. The van der Waals surface area contributed by atoms with Crippen LogP contribution in [0.5, 0.6) is 0 Å². The third kappa shape index (κ3) is 4.52. The fourth-order valence-corrected chi connectivity index (χ4v) is 1.65. The standard InChI is InChI=1S/C16H14FN3O2/c17-14-9-5-4-8-13(14)10-19-20-15(21)11-18-16(22)12-6-2-1-3-7-12/h1-10H,11H2,(H,18,22)(H,20,21)/b19-10-. The van der Waals surface area contributed by atoms with Gasteiger partial charge in [0.05, 0.1) is 12.8 Å². The van der Waals surface area contributed by atoms with Crippen LogP contribution in [0, 0.1) is 5.82 Å². The molecule has 0 unspecified atom stereocenters. The molecule has 0 aliphatic carbocycles. The van der Waals surface area contributed by atoms with Gasteiger partial charge in [0.15, 0.2) is 0 Å². The highest BCUT2D eigenvalue weighted by molar-refractivity contribution is 5.96. The molecule has 2 aromatic rings. The number of carbonyl (C=O) groups excluding carboxylic acids is 2. The lowest BCUT2D eigenvalue weighted by molar-refractivity contribution is -0.120. The highest BCUT2D eigenvalue weighted by Crippen LogP contribution is 2.02. The lowest BCUT2D eigenvalue weighted by Gasteiger charge is -2.03. The first-order chi connectivity index (χ1) is 10.7. The van der Waals surface area contributed by atoms with Crippen molar-refractivity contribution in [1.82, 2.24) is 10.7 Å². The molecule has 0 aliphatic heterocycles. The van der Waals surface area contributed by atoms with Crippen molar-refractivity contribution in [2.75, 3.05) is 6.54 Å². The van der Waals surface area contributed by atoms with Crippen molar-refractivity contribution < 1.29 is 14.0 Å². The largest absolute Gasteiger partial charge is 0.343 e. The molecule has 6 heteroatoms. The second kappa shape index (κ2) is 7.68. The SMILES string of the molecule is O=C(CNC(=O)c1ccccc1)N/N=C\c1ccccc1F. The number of nitrogens with zero attached hydrogens (tertiary/aromatic N) is 1. The van der Waals surface area contributed by atoms with Crippen molar-refractivity contribution in [2.45, 2.75) is 0 Å². The van der Waals surface area contributed by atoms with Crippen molar-refractivity contribution in [3.63, 3.8) is 0 Å². The fraction of sp³-hybridized carbons (Fsp3) is 0.0625. The number of hydrogen-bond acceptors (Lipinski definition) is 3. The molecule has 0 atom stereocenters. The molecular weight excluding hydrogens is 285 g/mol. The van der Waals surface area contributed by atoms with Crippen LogP contribution < -0.4 is 10.7 Å². The summed E-state index contributed by atoms with van der Waals surface area (Å²) in [4.78, 5) is 23.2. The van der Waals surface area contributed by atoms with Crippen LogP contribution in [0.4, 0.5) is 4.39 Å². The molecule has 0 spiro atoms. The molecule has 2 rings (SSSR count). The number of halogens is 1. The van der Waals surface area contributed by atoms with Crippen LogP contribution in [0.15, 0.2) is 59.7 Å². The maximum Gasteiger partial charge on any atom is 0.259 e. The van der Waals surface area contributed by atoms with Crippen molar-refractivity contribution in [1.29, 1.82) is 0 Å². The average molecular weight is 299 g/mol. The second-order valence-electron chi connectivity index (χ2n) is 4.36. The molecule has 5 nitrogen and oxygen atoms in total. The molecule has 2 N–H and O–H groups in total. The highest BCUT2D eigenvalue weighted by atomic mass is 19.1. The summed E-state index contributed by atoms with van der Waals surface area (Å²) < 4.78 is 13.3.